The highest BCUT2D eigenvalue weighted by Crippen LogP contribution is 2.30. The predicted octanol–water partition coefficient (Wildman–Crippen LogP) is 4.26. The number of nitrogens with zero attached hydrogens (tertiary/aromatic N) is 2. The molecule has 1 unspecified atom stereocenters. The zero-order valence-corrected chi connectivity index (χ0v) is 17.8. The van der Waals surface area contributed by atoms with Crippen LogP contribution in [0.1, 0.15) is 13.3 Å². The summed E-state index contributed by atoms with van der Waals surface area (Å²) in [5.74, 6) is 0.434. The van der Waals surface area contributed by atoms with E-state index in [1.807, 2.05) is 0 Å². The van der Waals surface area contributed by atoms with Crippen molar-refractivity contribution in [1.29, 1.82) is 0 Å². The van der Waals surface area contributed by atoms with Crippen molar-refractivity contribution in [2.45, 2.75) is 19.4 Å². The Morgan fingerprint density at radius 3 is 2.45 bits per heavy atom. The topological polar surface area (TPSA) is 73.9 Å². The summed E-state index contributed by atoms with van der Waals surface area (Å²) in [7, 11) is 2.06. The van der Waals surface area contributed by atoms with Crippen LogP contribution in [0, 0.1) is 0 Å². The van der Waals surface area contributed by atoms with Gasteiger partial charge in [-0.15, -0.1) is 0 Å². The first kappa shape index (κ1) is 21.3. The highest BCUT2D eigenvalue weighted by Gasteiger charge is 2.22. The number of urea groups is 1. The molecule has 2 N–H and O–H groups in total. The lowest BCUT2D eigenvalue weighted by Crippen LogP contribution is -2.26. The Bertz CT molecular complexity index is 894. The number of rotatable bonds is 5. The van der Waals surface area contributed by atoms with Gasteiger partial charge in [0.15, 0.2) is 0 Å². The van der Waals surface area contributed by atoms with Gasteiger partial charge in [0.05, 0.1) is 10.7 Å². The van der Waals surface area contributed by atoms with Gasteiger partial charge >= 0.3 is 6.03 Å². The van der Waals surface area contributed by atoms with Crippen molar-refractivity contribution < 1.29 is 14.3 Å². The van der Waals surface area contributed by atoms with E-state index in [2.05, 4.69) is 35.4 Å². The van der Waals surface area contributed by atoms with E-state index in [0.717, 1.165) is 19.5 Å². The molecule has 29 heavy (non-hydrogen) atoms. The molecule has 0 saturated carbocycles. The minimum atomic E-state index is -0.442. The van der Waals surface area contributed by atoms with E-state index in [9.17, 15) is 9.59 Å². The van der Waals surface area contributed by atoms with Crippen molar-refractivity contribution in [3.63, 3.8) is 0 Å². The number of ether oxygens (including phenoxy) is 1. The molecule has 2 aromatic carbocycles. The smallest absolute Gasteiger partial charge is 0.336 e. The molecule has 0 aliphatic carbocycles. The lowest BCUT2D eigenvalue weighted by molar-refractivity contribution is -0.114. The third kappa shape index (κ3) is 5.79. The summed E-state index contributed by atoms with van der Waals surface area (Å²) in [4.78, 5) is 25.8. The summed E-state index contributed by atoms with van der Waals surface area (Å²) in [6.45, 7) is 3.30. The first-order valence-corrected chi connectivity index (χ1v) is 9.92. The van der Waals surface area contributed by atoms with Crippen molar-refractivity contribution in [2.75, 3.05) is 35.1 Å². The average molecular weight is 435 g/mol. The molecule has 0 aromatic heterocycles. The van der Waals surface area contributed by atoms with Crippen LogP contribution < -0.4 is 19.7 Å². The fourth-order valence-electron chi connectivity index (χ4n) is 3.03. The number of nitrogens with one attached hydrogen (secondary N) is 2. The Morgan fingerprint density at radius 2 is 1.86 bits per heavy atom. The van der Waals surface area contributed by atoms with E-state index in [1.54, 1.807) is 42.5 Å². The molecule has 1 fully saturated rings. The first-order valence-electron chi connectivity index (χ1n) is 9.14. The van der Waals surface area contributed by atoms with Crippen molar-refractivity contribution >= 4 is 53.4 Å². The summed E-state index contributed by atoms with van der Waals surface area (Å²) < 4.78 is 7.12. The molecule has 3 amide bonds. The van der Waals surface area contributed by atoms with Gasteiger partial charge in [-0.05, 0) is 55.9 Å². The van der Waals surface area contributed by atoms with Crippen LogP contribution in [0.4, 0.5) is 21.9 Å². The van der Waals surface area contributed by atoms with Gasteiger partial charge in [-0.2, -0.15) is 0 Å². The van der Waals surface area contributed by atoms with E-state index < -0.39 is 6.03 Å². The van der Waals surface area contributed by atoms with Crippen LogP contribution >= 0.6 is 24.4 Å². The van der Waals surface area contributed by atoms with E-state index >= 15 is 0 Å². The Kier molecular flexibility index (Phi) is 6.89. The second-order valence-corrected chi connectivity index (χ2v) is 7.71. The number of hydrogen-bond donors (Lipinski definition) is 3. The maximum Gasteiger partial charge on any atom is 0.336 e. The fraction of sp³-hybridized carbons (Fsp3) is 0.300. The van der Waals surface area contributed by atoms with E-state index in [-0.39, 0.29) is 12.0 Å². The molecule has 1 saturated heterocycles. The van der Waals surface area contributed by atoms with Crippen molar-refractivity contribution in [3.8, 4) is 5.75 Å². The molecular formula is C20H23ClN4O3S. The number of carbonyl (C=O) groups is 2. The van der Waals surface area contributed by atoms with Gasteiger partial charge in [0.1, 0.15) is 11.9 Å². The molecule has 9 heteroatoms. The molecule has 1 aliphatic heterocycles. The number of likely N-dealkylation sites (tertiary alicyclic amines) is 1. The minimum Gasteiger partial charge on any atom is -0.487 e. The van der Waals surface area contributed by atoms with Gasteiger partial charge in [-0.25, -0.2) is 9.10 Å². The zero-order chi connectivity index (χ0) is 21.0. The number of likely N-dealkylation sites (N-methyl/N-ethyl adjacent to an activating group) is 1. The second-order valence-electron chi connectivity index (χ2n) is 6.91. The Morgan fingerprint density at radius 1 is 1.17 bits per heavy atom. The van der Waals surface area contributed by atoms with Crippen LogP contribution in [0.5, 0.6) is 5.75 Å². The number of halogens is 1. The van der Waals surface area contributed by atoms with Crippen LogP contribution in [0.3, 0.4) is 0 Å². The number of benzene rings is 2. The molecule has 1 heterocycles. The molecule has 7 nitrogen and oxygen atoms in total. The number of hydrogen-bond acceptors (Lipinski definition) is 5. The van der Waals surface area contributed by atoms with Gasteiger partial charge in [0, 0.05) is 31.4 Å². The maximum absolute atomic E-state index is 12.5. The van der Waals surface area contributed by atoms with Gasteiger partial charge in [-0.3, -0.25) is 4.79 Å². The molecule has 1 aliphatic rings. The Labute approximate surface area is 180 Å². The summed E-state index contributed by atoms with van der Waals surface area (Å²) in [6, 6.07) is 11.4. The highest BCUT2D eigenvalue weighted by molar-refractivity contribution is 7.82. The summed E-state index contributed by atoms with van der Waals surface area (Å²) in [6.07, 6.45) is 1.08. The summed E-state index contributed by atoms with van der Waals surface area (Å²) in [5, 5.41) is 5.85. The van der Waals surface area contributed by atoms with Gasteiger partial charge < -0.3 is 20.3 Å². The quantitative estimate of drug-likeness (QED) is 0.614. The molecule has 1 atom stereocenters. The number of anilines is 3. The van der Waals surface area contributed by atoms with Crippen LogP contribution in [0.15, 0.2) is 42.5 Å². The second kappa shape index (κ2) is 9.39. The molecule has 154 valence electrons. The Hall–Kier alpha value is -2.42. The zero-order valence-electron chi connectivity index (χ0n) is 16.2. The van der Waals surface area contributed by atoms with Crippen LogP contribution in [-0.2, 0) is 4.79 Å². The van der Waals surface area contributed by atoms with Gasteiger partial charge in [0.25, 0.3) is 0 Å². The lowest BCUT2D eigenvalue weighted by atomic mass is 10.2. The van der Waals surface area contributed by atoms with E-state index in [0.29, 0.717) is 27.8 Å². The normalized spacial score (nSPS) is 16.3. The van der Waals surface area contributed by atoms with Gasteiger partial charge in [-0.1, -0.05) is 24.4 Å². The predicted molar refractivity (Wildman–Crippen MR) is 119 cm³/mol. The number of carbonyl (C=O) groups excluding carboxylic acids is 2. The van der Waals surface area contributed by atoms with Gasteiger partial charge in [0.2, 0.25) is 5.91 Å². The lowest BCUT2D eigenvalue weighted by Gasteiger charge is -2.18. The summed E-state index contributed by atoms with van der Waals surface area (Å²) in [5.41, 5.74) is 1.72. The third-order valence-corrected chi connectivity index (χ3v) is 5.16. The van der Waals surface area contributed by atoms with Crippen LogP contribution in [-0.4, -0.2) is 43.1 Å². The molecule has 3 rings (SSSR count). The number of thiol groups is 1. The minimum absolute atomic E-state index is 0.117. The van der Waals surface area contributed by atoms with Crippen LogP contribution in [0.25, 0.3) is 0 Å². The highest BCUT2D eigenvalue weighted by atomic mass is 35.5. The SMILES string of the molecule is CC(=O)Nc1ccc(N(S)C(=O)Nc2ccc(OC3CCN(C)C3)c(Cl)c2)cc1. The Balaban J connectivity index is 1.60. The molecular weight excluding hydrogens is 412 g/mol. The largest absolute Gasteiger partial charge is 0.487 e. The molecule has 0 spiro atoms. The van der Waals surface area contributed by atoms with Crippen molar-refractivity contribution in [3.05, 3.63) is 47.5 Å². The maximum atomic E-state index is 12.5. The fourth-order valence-corrected chi connectivity index (χ4v) is 3.44. The van der Waals surface area contributed by atoms with Crippen molar-refractivity contribution in [1.82, 2.24) is 4.90 Å². The monoisotopic (exact) mass is 434 g/mol. The molecule has 0 bridgehead atoms. The summed E-state index contributed by atoms with van der Waals surface area (Å²) >= 11 is 10.6. The third-order valence-electron chi connectivity index (χ3n) is 4.45. The standard InChI is InChI=1S/C20H23ClN4O3S/c1-13(26)22-14-3-6-16(7-4-14)25(29)20(27)23-15-5-8-19(18(21)11-15)28-17-9-10-24(2)12-17/h3-8,11,17,29H,9-10,12H2,1-2H3,(H,22,26)(H,23,27). The molecule has 2 aromatic rings. The average Bonchev–Trinajstić information content (AvgIpc) is 3.08. The van der Waals surface area contributed by atoms with Crippen LogP contribution in [0.2, 0.25) is 5.02 Å². The van der Waals surface area contributed by atoms with E-state index in [1.165, 1.54) is 11.2 Å². The van der Waals surface area contributed by atoms with E-state index in [4.69, 9.17) is 16.3 Å². The first-order chi connectivity index (χ1) is 13.8. The molecule has 0 radical (unpaired) electrons. The van der Waals surface area contributed by atoms with Crippen molar-refractivity contribution in [2.24, 2.45) is 0 Å². The number of amides is 3.